The van der Waals surface area contributed by atoms with E-state index in [1.807, 2.05) is 32.9 Å². The summed E-state index contributed by atoms with van der Waals surface area (Å²) in [7, 11) is 0. The van der Waals surface area contributed by atoms with Crippen molar-refractivity contribution < 1.29 is 29.3 Å². The Labute approximate surface area is 173 Å². The van der Waals surface area contributed by atoms with Crippen LogP contribution in [-0.2, 0) is 19.1 Å². The summed E-state index contributed by atoms with van der Waals surface area (Å²) >= 11 is 0. The second-order valence-electron chi connectivity index (χ2n) is 9.85. The average Bonchev–Trinajstić information content (AvgIpc) is 2.59. The van der Waals surface area contributed by atoms with Crippen molar-refractivity contribution in [1.82, 2.24) is 0 Å². The lowest BCUT2D eigenvalue weighted by molar-refractivity contribution is -0.165. The highest BCUT2D eigenvalue weighted by Gasteiger charge is 2.43. The Morgan fingerprint density at radius 2 is 1.97 bits per heavy atom. The highest BCUT2D eigenvalue weighted by Crippen LogP contribution is 2.44. The maximum atomic E-state index is 12.6. The van der Waals surface area contributed by atoms with Crippen molar-refractivity contribution in [3.63, 3.8) is 0 Å². The lowest BCUT2D eigenvalue weighted by Gasteiger charge is -2.43. The third kappa shape index (κ3) is 5.28. The number of carbonyl (C=O) groups excluding carboxylic acids is 2. The van der Waals surface area contributed by atoms with Gasteiger partial charge in [-0.1, -0.05) is 25.2 Å². The van der Waals surface area contributed by atoms with E-state index in [4.69, 9.17) is 9.47 Å². The molecular formula is C23H34O6. The molecule has 0 spiro atoms. The van der Waals surface area contributed by atoms with Gasteiger partial charge in [0.15, 0.2) is 0 Å². The van der Waals surface area contributed by atoms with Crippen molar-refractivity contribution >= 4 is 11.9 Å². The molecule has 0 aromatic rings. The molecule has 3 aliphatic rings. The molecule has 0 aromatic carbocycles. The quantitative estimate of drug-likeness (QED) is 0.698. The monoisotopic (exact) mass is 406 g/mol. The van der Waals surface area contributed by atoms with Crippen LogP contribution in [0.1, 0.15) is 59.8 Å². The van der Waals surface area contributed by atoms with Gasteiger partial charge < -0.3 is 19.7 Å². The largest absolute Gasteiger partial charge is 0.462 e. The van der Waals surface area contributed by atoms with Crippen molar-refractivity contribution in [3.05, 3.63) is 23.8 Å². The van der Waals surface area contributed by atoms with Crippen molar-refractivity contribution in [3.8, 4) is 0 Å². The van der Waals surface area contributed by atoms with Gasteiger partial charge in [0.2, 0.25) is 0 Å². The molecule has 1 heterocycles. The smallest absolute Gasteiger partial charge is 0.311 e. The average molecular weight is 407 g/mol. The number of rotatable bonds is 4. The van der Waals surface area contributed by atoms with Crippen LogP contribution >= 0.6 is 0 Å². The van der Waals surface area contributed by atoms with Gasteiger partial charge in [0.25, 0.3) is 0 Å². The van der Waals surface area contributed by atoms with Crippen LogP contribution < -0.4 is 0 Å². The molecule has 1 aliphatic heterocycles. The molecule has 162 valence electrons. The minimum atomic E-state index is -0.634. The van der Waals surface area contributed by atoms with E-state index < -0.39 is 17.6 Å². The molecule has 1 fully saturated rings. The van der Waals surface area contributed by atoms with E-state index in [1.165, 1.54) is 0 Å². The van der Waals surface area contributed by atoms with Crippen molar-refractivity contribution in [2.45, 2.75) is 84.2 Å². The predicted octanol–water partition coefficient (Wildman–Crippen LogP) is 2.92. The standard InChI is InChI=1S/C23H34O6/c1-13-5-6-14-9-15(24)11-19(29-22(27)23(2,3)4)21(14)18(13)8-7-17-10-16(25)12-20(26)28-17/h5-6,9,13,15-19,21,24-25H,7-8,10-12H2,1-4H3/t13-,15+,16+,17+,18-,19-,21-/m0/s1. The number of carbonyl (C=O) groups is 2. The van der Waals surface area contributed by atoms with E-state index in [1.54, 1.807) is 0 Å². The summed E-state index contributed by atoms with van der Waals surface area (Å²) in [6.07, 6.45) is 6.50. The number of cyclic esters (lactones) is 1. The fourth-order valence-electron chi connectivity index (χ4n) is 4.72. The Kier molecular flexibility index (Phi) is 6.54. The molecule has 6 nitrogen and oxygen atoms in total. The third-order valence-corrected chi connectivity index (χ3v) is 6.30. The van der Waals surface area contributed by atoms with Crippen LogP contribution in [0, 0.1) is 23.2 Å². The third-order valence-electron chi connectivity index (χ3n) is 6.30. The summed E-state index contributed by atoms with van der Waals surface area (Å²) in [5.74, 6) is -0.124. The molecule has 1 saturated heterocycles. The highest BCUT2D eigenvalue weighted by atomic mass is 16.6. The number of hydrogen-bond donors (Lipinski definition) is 2. The summed E-state index contributed by atoms with van der Waals surface area (Å²) in [4.78, 5) is 24.2. The van der Waals surface area contributed by atoms with E-state index >= 15 is 0 Å². The maximum absolute atomic E-state index is 12.6. The van der Waals surface area contributed by atoms with E-state index in [9.17, 15) is 19.8 Å². The van der Waals surface area contributed by atoms with E-state index in [0.29, 0.717) is 19.3 Å². The second kappa shape index (κ2) is 8.60. The molecule has 0 unspecified atom stereocenters. The second-order valence-corrected chi connectivity index (χ2v) is 9.85. The minimum absolute atomic E-state index is 0.00826. The molecule has 6 heteroatoms. The highest BCUT2D eigenvalue weighted by molar-refractivity contribution is 5.75. The number of hydrogen-bond acceptors (Lipinski definition) is 6. The van der Waals surface area contributed by atoms with Gasteiger partial charge in [-0.05, 0) is 51.0 Å². The number of allylic oxidation sites excluding steroid dienone is 2. The Morgan fingerprint density at radius 1 is 1.24 bits per heavy atom. The van der Waals surface area contributed by atoms with Gasteiger partial charge in [-0.25, -0.2) is 0 Å². The van der Waals surface area contributed by atoms with E-state index in [-0.39, 0.29) is 48.3 Å². The summed E-state index contributed by atoms with van der Waals surface area (Å²) in [6.45, 7) is 7.63. The molecule has 0 bridgehead atoms. The number of esters is 2. The van der Waals surface area contributed by atoms with Gasteiger partial charge in [0, 0.05) is 18.8 Å². The van der Waals surface area contributed by atoms with Crippen LogP contribution in [0.5, 0.6) is 0 Å². The molecule has 0 radical (unpaired) electrons. The van der Waals surface area contributed by atoms with Crippen LogP contribution in [0.15, 0.2) is 23.8 Å². The van der Waals surface area contributed by atoms with Gasteiger partial charge in [-0.3, -0.25) is 9.59 Å². The van der Waals surface area contributed by atoms with E-state index in [2.05, 4.69) is 13.0 Å². The Bertz CT molecular complexity index is 688. The molecule has 2 aliphatic carbocycles. The molecule has 0 saturated carbocycles. The lowest BCUT2D eigenvalue weighted by atomic mass is 9.66. The fraction of sp³-hybridized carbons (Fsp3) is 0.739. The number of fused-ring (bicyclic) bond motifs is 1. The summed E-state index contributed by atoms with van der Waals surface area (Å²) in [6, 6.07) is 0. The molecule has 2 N–H and O–H groups in total. The van der Waals surface area contributed by atoms with Gasteiger partial charge in [-0.15, -0.1) is 0 Å². The molecule has 0 amide bonds. The zero-order valence-corrected chi connectivity index (χ0v) is 17.8. The lowest BCUT2D eigenvalue weighted by Crippen LogP contribution is -2.44. The Morgan fingerprint density at radius 3 is 2.62 bits per heavy atom. The van der Waals surface area contributed by atoms with Gasteiger partial charge in [-0.2, -0.15) is 0 Å². The summed E-state index contributed by atoms with van der Waals surface area (Å²) in [5, 5.41) is 20.2. The normalized spacial score (nSPS) is 37.4. The Balaban J connectivity index is 1.76. The zero-order chi connectivity index (χ0) is 21.3. The van der Waals surface area contributed by atoms with Crippen molar-refractivity contribution in [2.75, 3.05) is 0 Å². The molecule has 3 rings (SSSR count). The molecule has 0 aromatic heterocycles. The van der Waals surface area contributed by atoms with Gasteiger partial charge in [0.05, 0.1) is 24.0 Å². The number of aliphatic hydroxyl groups excluding tert-OH is 2. The zero-order valence-electron chi connectivity index (χ0n) is 17.8. The number of aliphatic hydroxyl groups is 2. The minimum Gasteiger partial charge on any atom is -0.462 e. The first-order valence-electron chi connectivity index (χ1n) is 10.7. The van der Waals surface area contributed by atoms with Crippen LogP contribution in [0.25, 0.3) is 0 Å². The first-order valence-corrected chi connectivity index (χ1v) is 10.7. The Hall–Kier alpha value is -1.66. The van der Waals surface area contributed by atoms with Crippen LogP contribution in [0.3, 0.4) is 0 Å². The molecular weight excluding hydrogens is 372 g/mol. The predicted molar refractivity (Wildman–Crippen MR) is 108 cm³/mol. The molecule has 7 atom stereocenters. The topological polar surface area (TPSA) is 93.1 Å². The molecule has 29 heavy (non-hydrogen) atoms. The van der Waals surface area contributed by atoms with Crippen LogP contribution in [-0.4, -0.2) is 46.6 Å². The first kappa shape index (κ1) is 22.0. The maximum Gasteiger partial charge on any atom is 0.311 e. The van der Waals surface area contributed by atoms with Crippen molar-refractivity contribution in [2.24, 2.45) is 23.2 Å². The number of ether oxygens (including phenoxy) is 2. The summed E-state index contributed by atoms with van der Waals surface area (Å²) < 4.78 is 11.3. The van der Waals surface area contributed by atoms with Crippen LogP contribution in [0.2, 0.25) is 0 Å². The first-order chi connectivity index (χ1) is 13.5. The summed E-state index contributed by atoms with van der Waals surface area (Å²) in [5.41, 5.74) is 0.406. The fourth-order valence-corrected chi connectivity index (χ4v) is 4.72. The van der Waals surface area contributed by atoms with Gasteiger partial charge in [0.1, 0.15) is 12.2 Å². The van der Waals surface area contributed by atoms with Crippen LogP contribution in [0.4, 0.5) is 0 Å². The van der Waals surface area contributed by atoms with Crippen molar-refractivity contribution in [1.29, 1.82) is 0 Å². The SMILES string of the molecule is C[C@H]1C=CC2=C[C@@H](O)C[C@H](OC(=O)C(C)(C)C)[C@@H]2[C@H]1CC[C@@H]1C[C@@H](O)CC(=O)O1. The van der Waals surface area contributed by atoms with Gasteiger partial charge >= 0.3 is 11.9 Å². The van der Waals surface area contributed by atoms with E-state index in [0.717, 1.165) is 12.0 Å².